The number of rotatable bonds is 8. The second-order valence-electron chi connectivity index (χ2n) is 7.52. The van der Waals surface area contributed by atoms with E-state index in [0.717, 1.165) is 5.56 Å². The number of aromatic nitrogens is 1. The van der Waals surface area contributed by atoms with Gasteiger partial charge in [-0.15, -0.1) is 0 Å². The number of nitrogens with zero attached hydrogens (tertiary/aromatic N) is 2. The summed E-state index contributed by atoms with van der Waals surface area (Å²) in [5.41, 5.74) is 1.57. The Kier molecular flexibility index (Phi) is 7.33. The molecule has 8 nitrogen and oxygen atoms in total. The number of hydrogen-bond donors (Lipinski definition) is 1. The zero-order chi connectivity index (χ0) is 23.1. The number of nitrogens with one attached hydrogen (secondary N) is 1. The van der Waals surface area contributed by atoms with E-state index in [9.17, 15) is 13.2 Å². The fourth-order valence-electron chi connectivity index (χ4n) is 3.39. The first kappa shape index (κ1) is 22.9. The van der Waals surface area contributed by atoms with Crippen molar-refractivity contribution in [3.05, 3.63) is 78.6 Å². The summed E-state index contributed by atoms with van der Waals surface area (Å²) in [5, 5.41) is 2.86. The summed E-state index contributed by atoms with van der Waals surface area (Å²) in [5.74, 6) is 1.22. The molecule has 1 N–H and O–H groups in total. The summed E-state index contributed by atoms with van der Waals surface area (Å²) in [6, 6.07) is 17.4. The van der Waals surface area contributed by atoms with Crippen molar-refractivity contribution in [3.8, 4) is 11.5 Å². The Morgan fingerprint density at radius 2 is 1.58 bits per heavy atom. The van der Waals surface area contributed by atoms with Gasteiger partial charge in [0.2, 0.25) is 15.9 Å². The lowest BCUT2D eigenvalue weighted by atomic mass is 10.1. The van der Waals surface area contributed by atoms with E-state index in [4.69, 9.17) is 9.47 Å². The molecule has 172 valence electrons. The van der Waals surface area contributed by atoms with Gasteiger partial charge >= 0.3 is 0 Å². The van der Waals surface area contributed by atoms with Gasteiger partial charge in [-0.2, -0.15) is 4.31 Å². The molecular formula is C24H25N3O5S. The highest BCUT2D eigenvalue weighted by Crippen LogP contribution is 2.22. The van der Waals surface area contributed by atoms with Crippen molar-refractivity contribution in [2.45, 2.75) is 17.7 Å². The van der Waals surface area contributed by atoms with Gasteiger partial charge in [-0.3, -0.25) is 9.78 Å². The first-order valence-electron chi connectivity index (χ1n) is 10.7. The molecule has 2 aromatic carbocycles. The van der Waals surface area contributed by atoms with Crippen LogP contribution in [0.2, 0.25) is 0 Å². The fraction of sp³-hybridized carbons (Fsp3) is 0.250. The molecule has 33 heavy (non-hydrogen) atoms. The molecule has 4 rings (SSSR count). The Bertz CT molecular complexity index is 1160. The predicted octanol–water partition coefficient (Wildman–Crippen LogP) is 3.47. The molecule has 9 heteroatoms. The van der Waals surface area contributed by atoms with E-state index in [-0.39, 0.29) is 17.2 Å². The minimum Gasteiger partial charge on any atom is -0.457 e. The van der Waals surface area contributed by atoms with Crippen LogP contribution in [0.3, 0.4) is 0 Å². The van der Waals surface area contributed by atoms with Gasteiger partial charge in [-0.1, -0.05) is 12.1 Å². The van der Waals surface area contributed by atoms with Crippen molar-refractivity contribution in [1.82, 2.24) is 9.29 Å². The fourth-order valence-corrected chi connectivity index (χ4v) is 4.80. The lowest BCUT2D eigenvalue weighted by Gasteiger charge is -2.26. The lowest BCUT2D eigenvalue weighted by Crippen LogP contribution is -2.40. The van der Waals surface area contributed by atoms with Crippen LogP contribution in [-0.4, -0.2) is 49.9 Å². The van der Waals surface area contributed by atoms with Crippen LogP contribution in [0, 0.1) is 0 Å². The number of ether oxygens (including phenoxy) is 2. The summed E-state index contributed by atoms with van der Waals surface area (Å²) in [6.45, 7) is 1.54. The average Bonchev–Trinajstić information content (AvgIpc) is 2.85. The van der Waals surface area contributed by atoms with Crippen LogP contribution in [0.4, 0.5) is 5.69 Å². The smallest absolute Gasteiger partial charge is 0.243 e. The molecule has 0 atom stereocenters. The van der Waals surface area contributed by atoms with Crippen LogP contribution in [-0.2, 0) is 26.0 Å². The van der Waals surface area contributed by atoms with Crippen LogP contribution >= 0.6 is 0 Å². The molecule has 0 radical (unpaired) electrons. The molecule has 0 unspecified atom stereocenters. The number of benzene rings is 2. The molecule has 1 aliphatic heterocycles. The van der Waals surface area contributed by atoms with E-state index in [1.807, 2.05) is 0 Å². The Labute approximate surface area is 193 Å². The third-order valence-electron chi connectivity index (χ3n) is 5.20. The third kappa shape index (κ3) is 6.16. The second kappa shape index (κ2) is 10.6. The van der Waals surface area contributed by atoms with Gasteiger partial charge in [0, 0.05) is 37.6 Å². The molecule has 0 saturated carbocycles. The number of morpholine rings is 1. The van der Waals surface area contributed by atoms with Crippen LogP contribution in [0.5, 0.6) is 11.5 Å². The maximum absolute atomic E-state index is 12.7. The number of anilines is 1. The molecule has 1 saturated heterocycles. The van der Waals surface area contributed by atoms with Gasteiger partial charge in [0.1, 0.15) is 11.5 Å². The van der Waals surface area contributed by atoms with E-state index in [0.29, 0.717) is 49.9 Å². The van der Waals surface area contributed by atoms with E-state index in [1.54, 1.807) is 73.1 Å². The highest BCUT2D eigenvalue weighted by molar-refractivity contribution is 7.89. The zero-order valence-corrected chi connectivity index (χ0v) is 18.8. The van der Waals surface area contributed by atoms with Gasteiger partial charge in [0.25, 0.3) is 0 Å². The molecule has 1 aliphatic rings. The minimum atomic E-state index is -3.51. The Hall–Kier alpha value is -3.27. The molecule has 0 bridgehead atoms. The van der Waals surface area contributed by atoms with E-state index in [2.05, 4.69) is 10.3 Å². The van der Waals surface area contributed by atoms with E-state index >= 15 is 0 Å². The number of pyridine rings is 1. The largest absolute Gasteiger partial charge is 0.457 e. The lowest BCUT2D eigenvalue weighted by molar-refractivity contribution is -0.116. The van der Waals surface area contributed by atoms with Crippen molar-refractivity contribution < 1.29 is 22.7 Å². The van der Waals surface area contributed by atoms with Crippen LogP contribution in [0.25, 0.3) is 0 Å². The Morgan fingerprint density at radius 1 is 0.939 bits per heavy atom. The maximum Gasteiger partial charge on any atom is 0.243 e. The van der Waals surface area contributed by atoms with Crippen molar-refractivity contribution in [2.75, 3.05) is 31.6 Å². The van der Waals surface area contributed by atoms with Crippen LogP contribution in [0.1, 0.15) is 12.0 Å². The first-order chi connectivity index (χ1) is 16.0. The quantitative estimate of drug-likeness (QED) is 0.545. The zero-order valence-electron chi connectivity index (χ0n) is 18.0. The summed E-state index contributed by atoms with van der Waals surface area (Å²) in [4.78, 5) is 16.5. The maximum atomic E-state index is 12.7. The average molecular weight is 468 g/mol. The summed E-state index contributed by atoms with van der Waals surface area (Å²) < 4.78 is 37.7. The van der Waals surface area contributed by atoms with Crippen molar-refractivity contribution >= 4 is 21.6 Å². The highest BCUT2D eigenvalue weighted by Gasteiger charge is 2.26. The summed E-state index contributed by atoms with van der Waals surface area (Å²) in [7, 11) is -3.51. The number of sulfonamides is 1. The number of carbonyl (C=O) groups is 1. The predicted molar refractivity (Wildman–Crippen MR) is 124 cm³/mol. The van der Waals surface area contributed by atoms with Gasteiger partial charge in [0.15, 0.2) is 0 Å². The van der Waals surface area contributed by atoms with E-state index in [1.165, 1.54) is 4.31 Å². The van der Waals surface area contributed by atoms with Crippen LogP contribution < -0.4 is 10.1 Å². The Morgan fingerprint density at radius 3 is 2.24 bits per heavy atom. The molecule has 0 aliphatic carbocycles. The number of hydrogen-bond acceptors (Lipinski definition) is 6. The molecular weight excluding hydrogens is 442 g/mol. The van der Waals surface area contributed by atoms with Gasteiger partial charge in [0.05, 0.1) is 18.1 Å². The second-order valence-corrected chi connectivity index (χ2v) is 9.46. The molecule has 0 spiro atoms. The molecule has 1 fully saturated rings. The van der Waals surface area contributed by atoms with Crippen molar-refractivity contribution in [2.24, 2.45) is 0 Å². The standard InChI is InChI=1S/C24H25N3O5S/c28-24(26-20-4-6-21(7-5-20)32-22-11-13-25-14-12-22)10-3-19-1-8-23(9-2-19)33(29,30)27-15-17-31-18-16-27/h1-2,4-9,11-14H,3,10,15-18H2,(H,26,28). The first-order valence-corrected chi connectivity index (χ1v) is 12.1. The van der Waals surface area contributed by atoms with Gasteiger partial charge in [-0.25, -0.2) is 8.42 Å². The highest BCUT2D eigenvalue weighted by atomic mass is 32.2. The molecule has 3 aromatic rings. The normalized spacial score (nSPS) is 14.5. The number of carbonyl (C=O) groups excluding carboxylic acids is 1. The monoisotopic (exact) mass is 467 g/mol. The van der Waals surface area contributed by atoms with Crippen molar-refractivity contribution in [3.63, 3.8) is 0 Å². The summed E-state index contributed by atoms with van der Waals surface area (Å²) >= 11 is 0. The molecule has 1 aromatic heterocycles. The van der Waals surface area contributed by atoms with Gasteiger partial charge < -0.3 is 14.8 Å². The van der Waals surface area contributed by atoms with E-state index < -0.39 is 10.0 Å². The van der Waals surface area contributed by atoms with Crippen LogP contribution in [0.15, 0.2) is 78.0 Å². The summed E-state index contributed by atoms with van der Waals surface area (Å²) in [6.07, 6.45) is 4.10. The third-order valence-corrected chi connectivity index (χ3v) is 7.11. The SMILES string of the molecule is O=C(CCc1ccc(S(=O)(=O)N2CCOCC2)cc1)Nc1ccc(Oc2ccncc2)cc1. The topological polar surface area (TPSA) is 97.8 Å². The molecule has 2 heterocycles. The number of amides is 1. The minimum absolute atomic E-state index is 0.122. The molecule has 1 amide bonds. The Balaban J connectivity index is 1.27. The van der Waals surface area contributed by atoms with Crippen molar-refractivity contribution in [1.29, 1.82) is 0 Å². The van der Waals surface area contributed by atoms with Gasteiger partial charge in [-0.05, 0) is 60.5 Å². The number of aryl methyl sites for hydroxylation is 1.